The van der Waals surface area contributed by atoms with Crippen LogP contribution in [0.1, 0.15) is 40.7 Å². The number of piperidine rings is 1. The van der Waals surface area contributed by atoms with Gasteiger partial charge in [0.05, 0.1) is 18.7 Å². The molecule has 1 atom stereocenters. The van der Waals surface area contributed by atoms with Crippen LogP contribution in [0.2, 0.25) is 0 Å². The molecule has 0 aliphatic carbocycles. The zero-order valence-corrected chi connectivity index (χ0v) is 16.5. The summed E-state index contributed by atoms with van der Waals surface area (Å²) in [6.45, 7) is 4.53. The molecule has 2 aromatic rings. The highest BCUT2D eigenvalue weighted by Gasteiger charge is 2.29. The zero-order valence-electron chi connectivity index (χ0n) is 16.5. The lowest BCUT2D eigenvalue weighted by Gasteiger charge is -2.36. The highest BCUT2D eigenvalue weighted by molar-refractivity contribution is 5.83. The Balaban J connectivity index is 1.80. The van der Waals surface area contributed by atoms with E-state index in [9.17, 15) is 14.7 Å². The van der Waals surface area contributed by atoms with Crippen LogP contribution in [0.4, 0.5) is 0 Å². The lowest BCUT2D eigenvalue weighted by molar-refractivity contribution is -0.138. The van der Waals surface area contributed by atoms with E-state index in [-0.39, 0.29) is 29.9 Å². The second kappa shape index (κ2) is 9.28. The van der Waals surface area contributed by atoms with E-state index in [0.29, 0.717) is 30.8 Å². The van der Waals surface area contributed by atoms with Gasteiger partial charge in [0.15, 0.2) is 6.29 Å². The molecule has 1 amide bonds. The third-order valence-electron chi connectivity index (χ3n) is 5.20. The van der Waals surface area contributed by atoms with Crippen molar-refractivity contribution in [2.75, 3.05) is 13.7 Å². The number of hydrogen-bond donors (Lipinski definition) is 1. The summed E-state index contributed by atoms with van der Waals surface area (Å²) < 4.78 is 11.2. The average Bonchev–Trinajstić information content (AvgIpc) is 2.73. The van der Waals surface area contributed by atoms with Crippen molar-refractivity contribution >= 4 is 18.3 Å². The first kappa shape index (κ1) is 20.5. The molecule has 29 heavy (non-hydrogen) atoms. The molecule has 152 valence electrons. The van der Waals surface area contributed by atoms with Crippen molar-refractivity contribution in [3.63, 3.8) is 0 Å². The van der Waals surface area contributed by atoms with Crippen LogP contribution in [0.5, 0.6) is 17.2 Å². The van der Waals surface area contributed by atoms with E-state index in [1.54, 1.807) is 25.3 Å². The predicted molar refractivity (Wildman–Crippen MR) is 110 cm³/mol. The first-order chi connectivity index (χ1) is 14.1. The minimum atomic E-state index is -0.137. The van der Waals surface area contributed by atoms with Crippen molar-refractivity contribution in [1.82, 2.24) is 4.90 Å². The van der Waals surface area contributed by atoms with E-state index in [1.807, 2.05) is 23.1 Å². The highest BCUT2D eigenvalue weighted by atomic mass is 16.5. The van der Waals surface area contributed by atoms with E-state index in [1.165, 1.54) is 6.07 Å². The van der Waals surface area contributed by atoms with Crippen LogP contribution in [-0.2, 0) is 11.3 Å². The smallest absolute Gasteiger partial charge is 0.223 e. The Bertz CT molecular complexity index is 908. The molecule has 6 heteroatoms. The number of aromatic hydroxyl groups is 1. The van der Waals surface area contributed by atoms with Crippen LogP contribution >= 0.6 is 0 Å². The summed E-state index contributed by atoms with van der Waals surface area (Å²) in [5.74, 6) is 0.964. The summed E-state index contributed by atoms with van der Waals surface area (Å²) in [5.41, 5.74) is 1.93. The van der Waals surface area contributed by atoms with Crippen LogP contribution < -0.4 is 9.47 Å². The van der Waals surface area contributed by atoms with E-state index in [0.717, 1.165) is 24.0 Å². The number of likely N-dealkylation sites (tertiary alicyclic amines) is 1. The maximum absolute atomic E-state index is 12.7. The standard InChI is InChI=1S/C23H25NO5/c1-3-18-16(7-4-10-21(18)28-2)13-24-17(8-5-12-23(24)27)15-29-22-11-6-9-20(26)19(22)14-25/h3-4,6-7,9-11,14,17,26H,1,5,8,12-13,15H2,2H3. The van der Waals surface area contributed by atoms with Crippen LogP contribution in [0.15, 0.2) is 43.0 Å². The van der Waals surface area contributed by atoms with Gasteiger partial charge < -0.3 is 19.5 Å². The summed E-state index contributed by atoms with van der Waals surface area (Å²) in [5, 5.41) is 9.83. The number of ether oxygens (including phenoxy) is 2. The van der Waals surface area contributed by atoms with Crippen molar-refractivity contribution in [2.45, 2.75) is 31.8 Å². The predicted octanol–water partition coefficient (Wildman–Crippen LogP) is 3.82. The number of amides is 1. The average molecular weight is 395 g/mol. The van der Waals surface area contributed by atoms with Crippen LogP contribution in [0, 0.1) is 0 Å². The van der Waals surface area contributed by atoms with Gasteiger partial charge in [-0.3, -0.25) is 9.59 Å². The third kappa shape index (κ3) is 4.42. The number of phenolic OH excluding ortho intramolecular Hbond substituents is 1. The van der Waals surface area contributed by atoms with Crippen molar-refractivity contribution in [2.24, 2.45) is 0 Å². The zero-order chi connectivity index (χ0) is 20.8. The molecule has 1 unspecified atom stereocenters. The van der Waals surface area contributed by atoms with Gasteiger partial charge in [0.1, 0.15) is 23.9 Å². The topological polar surface area (TPSA) is 76.1 Å². The summed E-state index contributed by atoms with van der Waals surface area (Å²) in [6.07, 6.45) is 4.39. The van der Waals surface area contributed by atoms with Crippen LogP contribution in [0.25, 0.3) is 6.08 Å². The molecule has 6 nitrogen and oxygen atoms in total. The number of nitrogens with zero attached hydrogens (tertiary/aromatic N) is 1. The number of phenols is 1. The minimum Gasteiger partial charge on any atom is -0.507 e. The minimum absolute atomic E-state index is 0.0641. The SMILES string of the molecule is C=Cc1c(CN2C(=O)CCCC2COc2cccc(O)c2C=O)cccc1OC. The summed E-state index contributed by atoms with van der Waals surface area (Å²) in [4.78, 5) is 25.7. The summed E-state index contributed by atoms with van der Waals surface area (Å²) in [6, 6.07) is 10.3. The molecule has 1 N–H and O–H groups in total. The Morgan fingerprint density at radius 3 is 2.69 bits per heavy atom. The van der Waals surface area contributed by atoms with E-state index in [4.69, 9.17) is 9.47 Å². The van der Waals surface area contributed by atoms with Crippen molar-refractivity contribution in [1.29, 1.82) is 0 Å². The molecule has 2 aromatic carbocycles. The molecule has 0 spiro atoms. The molecule has 0 aromatic heterocycles. The number of benzene rings is 2. The second-order valence-electron chi connectivity index (χ2n) is 6.92. The number of carbonyl (C=O) groups is 2. The third-order valence-corrected chi connectivity index (χ3v) is 5.20. The number of hydrogen-bond acceptors (Lipinski definition) is 5. The van der Waals surface area contributed by atoms with Gasteiger partial charge >= 0.3 is 0 Å². The maximum Gasteiger partial charge on any atom is 0.223 e. The highest BCUT2D eigenvalue weighted by Crippen LogP contribution is 2.29. The van der Waals surface area contributed by atoms with Crippen molar-refractivity contribution in [3.05, 3.63) is 59.7 Å². The Labute approximate surface area is 170 Å². The van der Waals surface area contributed by atoms with Gasteiger partial charge in [-0.2, -0.15) is 0 Å². The Morgan fingerprint density at radius 1 is 1.21 bits per heavy atom. The number of methoxy groups -OCH3 is 1. The quantitative estimate of drug-likeness (QED) is 0.688. The van der Waals surface area contributed by atoms with Crippen LogP contribution in [-0.4, -0.2) is 42.0 Å². The maximum atomic E-state index is 12.7. The first-order valence-corrected chi connectivity index (χ1v) is 9.56. The lowest BCUT2D eigenvalue weighted by atomic mass is 9.99. The molecule has 1 aliphatic heterocycles. The summed E-state index contributed by atoms with van der Waals surface area (Å²) in [7, 11) is 1.61. The molecular weight excluding hydrogens is 370 g/mol. The molecular formula is C23H25NO5. The van der Waals surface area contributed by atoms with Gasteiger partial charge in [-0.1, -0.05) is 30.9 Å². The van der Waals surface area contributed by atoms with Gasteiger partial charge in [0.25, 0.3) is 0 Å². The van der Waals surface area contributed by atoms with Crippen molar-refractivity contribution < 1.29 is 24.2 Å². The molecule has 0 radical (unpaired) electrons. The van der Waals surface area contributed by atoms with Gasteiger partial charge in [0, 0.05) is 18.5 Å². The van der Waals surface area contributed by atoms with Gasteiger partial charge in [0.2, 0.25) is 5.91 Å². The normalized spacial score (nSPS) is 16.4. The largest absolute Gasteiger partial charge is 0.507 e. The fourth-order valence-corrected chi connectivity index (χ4v) is 3.67. The van der Waals surface area contributed by atoms with E-state index >= 15 is 0 Å². The van der Waals surface area contributed by atoms with Gasteiger partial charge in [-0.05, 0) is 36.6 Å². The number of carbonyl (C=O) groups excluding carboxylic acids is 2. The molecule has 0 bridgehead atoms. The Kier molecular flexibility index (Phi) is 6.54. The molecule has 0 saturated carbocycles. The second-order valence-corrected chi connectivity index (χ2v) is 6.92. The fourth-order valence-electron chi connectivity index (χ4n) is 3.67. The molecule has 1 aliphatic rings. The molecule has 1 saturated heterocycles. The van der Waals surface area contributed by atoms with E-state index in [2.05, 4.69) is 6.58 Å². The fraction of sp³-hybridized carbons (Fsp3) is 0.304. The molecule has 1 fully saturated rings. The van der Waals surface area contributed by atoms with Gasteiger partial charge in [-0.15, -0.1) is 0 Å². The summed E-state index contributed by atoms with van der Waals surface area (Å²) >= 11 is 0. The van der Waals surface area contributed by atoms with Gasteiger partial charge in [-0.25, -0.2) is 0 Å². The molecule has 3 rings (SSSR count). The van der Waals surface area contributed by atoms with E-state index < -0.39 is 0 Å². The monoisotopic (exact) mass is 395 g/mol. The number of rotatable bonds is 8. The number of aldehydes is 1. The first-order valence-electron chi connectivity index (χ1n) is 9.56. The van der Waals surface area contributed by atoms with Crippen molar-refractivity contribution in [3.8, 4) is 17.2 Å². The Morgan fingerprint density at radius 2 is 1.97 bits per heavy atom. The molecule has 1 heterocycles. The lowest BCUT2D eigenvalue weighted by Crippen LogP contribution is -2.46. The van der Waals surface area contributed by atoms with Crippen LogP contribution in [0.3, 0.4) is 0 Å². The Hall–Kier alpha value is -3.28.